The van der Waals surface area contributed by atoms with E-state index in [0.717, 1.165) is 50.2 Å². The van der Waals surface area contributed by atoms with Crippen LogP contribution in [0.1, 0.15) is 89.3 Å². The number of hydrogen-bond donors (Lipinski definition) is 2. The minimum atomic E-state index is 0. The highest BCUT2D eigenvalue weighted by Crippen LogP contribution is 2.47. The number of hydrogen-bond acceptors (Lipinski definition) is 5. The maximum absolute atomic E-state index is 10.2. The molecule has 2 aliphatic carbocycles. The third kappa shape index (κ3) is 7.03. The zero-order valence-corrected chi connectivity index (χ0v) is 30.2. The molecular formula is C42H51BrN2O3. The third-order valence-corrected chi connectivity index (χ3v) is 11.4. The predicted octanol–water partition coefficient (Wildman–Crippen LogP) is 9.07. The van der Waals surface area contributed by atoms with Crippen molar-refractivity contribution in [2.24, 2.45) is 0 Å². The number of fused-ring (bicyclic) bond motifs is 6. The first kappa shape index (κ1) is 34.5. The first-order valence-electron chi connectivity index (χ1n) is 17.8. The van der Waals surface area contributed by atoms with Crippen LogP contribution in [0.25, 0.3) is 0 Å². The largest absolute Gasteiger partial charge is 0.504 e. The van der Waals surface area contributed by atoms with Crippen LogP contribution >= 0.6 is 17.0 Å². The Morgan fingerprint density at radius 2 is 1.15 bits per heavy atom. The van der Waals surface area contributed by atoms with Gasteiger partial charge in [-0.25, -0.2) is 0 Å². The van der Waals surface area contributed by atoms with Crippen molar-refractivity contribution in [3.8, 4) is 17.2 Å². The van der Waals surface area contributed by atoms with Gasteiger partial charge >= 0.3 is 0 Å². The summed E-state index contributed by atoms with van der Waals surface area (Å²) in [5.74, 6) is 2.38. The van der Waals surface area contributed by atoms with Crippen LogP contribution in [0.5, 0.6) is 17.2 Å². The lowest BCUT2D eigenvalue weighted by molar-refractivity contribution is 0.104. The van der Waals surface area contributed by atoms with E-state index < -0.39 is 0 Å². The van der Waals surface area contributed by atoms with Crippen LogP contribution in [-0.4, -0.2) is 52.3 Å². The monoisotopic (exact) mass is 710 g/mol. The molecule has 0 radical (unpaired) electrons. The number of halogens is 1. The number of rotatable bonds is 5. The van der Waals surface area contributed by atoms with Crippen molar-refractivity contribution in [3.05, 3.63) is 124 Å². The van der Waals surface area contributed by atoms with Gasteiger partial charge in [0, 0.05) is 30.7 Å². The van der Waals surface area contributed by atoms with Crippen LogP contribution in [0.3, 0.4) is 0 Å². The summed E-state index contributed by atoms with van der Waals surface area (Å²) >= 11 is 0. The van der Waals surface area contributed by atoms with E-state index in [9.17, 15) is 10.2 Å². The van der Waals surface area contributed by atoms with E-state index in [1.165, 1.54) is 66.5 Å². The van der Waals surface area contributed by atoms with Crippen LogP contribution in [0.15, 0.2) is 84.9 Å². The summed E-state index contributed by atoms with van der Waals surface area (Å²) < 4.78 is 5.73. The third-order valence-electron chi connectivity index (χ3n) is 11.4. The van der Waals surface area contributed by atoms with Gasteiger partial charge in [-0.3, -0.25) is 9.80 Å². The molecule has 48 heavy (non-hydrogen) atoms. The minimum absolute atomic E-state index is 0. The highest BCUT2D eigenvalue weighted by atomic mass is 79.9. The Bertz CT molecular complexity index is 1660. The number of piperidine rings is 2. The number of aryl methyl sites for hydroxylation is 1. The molecule has 4 aromatic rings. The molecule has 0 saturated carbocycles. The van der Waals surface area contributed by atoms with Crippen molar-refractivity contribution in [1.82, 2.24) is 9.80 Å². The Hall–Kier alpha value is -3.32. The van der Waals surface area contributed by atoms with Crippen LogP contribution in [0.2, 0.25) is 0 Å². The van der Waals surface area contributed by atoms with E-state index >= 15 is 0 Å². The van der Waals surface area contributed by atoms with E-state index in [1.807, 2.05) is 13.2 Å². The molecule has 6 heteroatoms. The summed E-state index contributed by atoms with van der Waals surface area (Å²) in [5.41, 5.74) is 9.30. The Morgan fingerprint density at radius 3 is 1.69 bits per heavy atom. The van der Waals surface area contributed by atoms with Crippen molar-refractivity contribution in [2.75, 3.05) is 20.2 Å². The highest BCUT2D eigenvalue weighted by Gasteiger charge is 2.38. The number of phenolic OH excluding ortho intramolecular Hbond substituents is 2. The maximum Gasteiger partial charge on any atom is 0.160 e. The van der Waals surface area contributed by atoms with E-state index in [0.29, 0.717) is 23.9 Å². The second kappa shape index (κ2) is 15.5. The smallest absolute Gasteiger partial charge is 0.160 e. The summed E-state index contributed by atoms with van der Waals surface area (Å²) in [6.45, 7) is 6.62. The summed E-state index contributed by atoms with van der Waals surface area (Å²) in [7, 11) is 1.82. The van der Waals surface area contributed by atoms with Crippen molar-refractivity contribution < 1.29 is 14.9 Å². The van der Waals surface area contributed by atoms with Gasteiger partial charge in [-0.05, 0) is 123 Å². The Morgan fingerprint density at radius 1 is 0.646 bits per heavy atom. The second-order valence-electron chi connectivity index (χ2n) is 14.1. The van der Waals surface area contributed by atoms with E-state index in [2.05, 4.69) is 89.5 Å². The van der Waals surface area contributed by atoms with Gasteiger partial charge in [-0.15, -0.1) is 17.0 Å². The SMILES string of the molecule is Br.COc1c(C)ccc2c1CC[C@@H]1[C@@H]2CCCN1Cc1ccccc1.Oc1ccc2c(c1O)CC[C@@H]1[C@@H]2CCCN1Cc1ccccc1. The number of methoxy groups -OCH3 is 1. The normalized spacial score (nSPS) is 23.2. The molecule has 0 bridgehead atoms. The van der Waals surface area contributed by atoms with Gasteiger partial charge in [0.25, 0.3) is 0 Å². The van der Waals surface area contributed by atoms with Gasteiger partial charge in [-0.1, -0.05) is 78.9 Å². The number of nitrogens with zero attached hydrogens (tertiary/aromatic N) is 2. The highest BCUT2D eigenvalue weighted by molar-refractivity contribution is 8.93. The van der Waals surface area contributed by atoms with Crippen molar-refractivity contribution >= 4 is 17.0 Å². The summed E-state index contributed by atoms with van der Waals surface area (Å²) in [5, 5.41) is 19.9. The summed E-state index contributed by atoms with van der Waals surface area (Å²) in [4.78, 5) is 5.33. The van der Waals surface area contributed by atoms with Gasteiger partial charge in [0.15, 0.2) is 11.5 Å². The molecule has 2 saturated heterocycles. The van der Waals surface area contributed by atoms with E-state index in [1.54, 1.807) is 11.6 Å². The van der Waals surface area contributed by atoms with E-state index in [4.69, 9.17) is 4.74 Å². The number of aromatic hydroxyl groups is 2. The fourth-order valence-electron chi connectivity index (χ4n) is 9.26. The van der Waals surface area contributed by atoms with E-state index in [-0.39, 0.29) is 28.5 Å². The molecular weight excluding hydrogens is 660 g/mol. The van der Waals surface area contributed by atoms with Crippen LogP contribution in [0, 0.1) is 6.92 Å². The number of benzene rings is 4. The van der Waals surface area contributed by atoms with Gasteiger partial charge in [0.2, 0.25) is 0 Å². The Labute approximate surface area is 297 Å². The van der Waals surface area contributed by atoms with Crippen molar-refractivity contribution in [1.29, 1.82) is 0 Å². The standard InChI is InChI=1S/C22H27NO.C20H23NO2.BrH/c1-16-10-11-18-19-9-6-14-23(15-17-7-4-3-5-8-17)21(19)13-12-20(18)22(16)24-2;22-19-11-9-15-16-7-4-12-21(13-14-5-2-1-3-6-14)18(16)10-8-17(15)20(19)23;/h3-5,7-8,10-11,19,21H,6,9,12-15H2,1-2H3;1-3,5-6,9,11,16,18,22-23H,4,7-8,10,12-13H2;1H/t19-,21-;16-,18-;/m11./s1. The first-order chi connectivity index (χ1) is 23.0. The molecule has 254 valence electrons. The number of likely N-dealkylation sites (tertiary alicyclic amines) is 2. The second-order valence-corrected chi connectivity index (χ2v) is 14.1. The lowest BCUT2D eigenvalue weighted by Gasteiger charge is -2.45. The van der Waals surface area contributed by atoms with Gasteiger partial charge in [0.1, 0.15) is 5.75 Å². The lowest BCUT2D eigenvalue weighted by atomic mass is 9.73. The lowest BCUT2D eigenvalue weighted by Crippen LogP contribution is -2.45. The topological polar surface area (TPSA) is 56.2 Å². The fourth-order valence-corrected chi connectivity index (χ4v) is 9.26. The Balaban J connectivity index is 0.000000164. The molecule has 4 atom stereocenters. The first-order valence-corrected chi connectivity index (χ1v) is 17.8. The van der Waals surface area contributed by atoms with Crippen LogP contribution < -0.4 is 4.74 Å². The molecule has 4 aliphatic rings. The molecule has 2 N–H and O–H groups in total. The quantitative estimate of drug-likeness (QED) is 0.203. The molecule has 0 spiro atoms. The predicted molar refractivity (Wildman–Crippen MR) is 200 cm³/mol. The van der Waals surface area contributed by atoms with Crippen molar-refractivity contribution in [2.45, 2.75) is 95.3 Å². The molecule has 2 heterocycles. The van der Waals surface area contributed by atoms with Gasteiger partial charge in [-0.2, -0.15) is 0 Å². The van der Waals surface area contributed by atoms with Gasteiger partial charge in [0.05, 0.1) is 7.11 Å². The average Bonchev–Trinajstić information content (AvgIpc) is 3.11. The maximum atomic E-state index is 10.2. The molecule has 4 aromatic carbocycles. The zero-order valence-electron chi connectivity index (χ0n) is 28.5. The number of phenols is 2. The molecule has 8 rings (SSSR count). The summed E-state index contributed by atoms with van der Waals surface area (Å²) in [6.07, 6.45) is 9.28. The fraction of sp³-hybridized carbons (Fsp3) is 0.429. The minimum Gasteiger partial charge on any atom is -0.504 e. The zero-order chi connectivity index (χ0) is 32.3. The molecule has 0 unspecified atom stereocenters. The summed E-state index contributed by atoms with van der Waals surface area (Å²) in [6, 6.07) is 31.1. The Kier molecular flexibility index (Phi) is 11.1. The van der Waals surface area contributed by atoms with Crippen LogP contribution in [-0.2, 0) is 25.9 Å². The number of ether oxygens (including phenoxy) is 1. The van der Waals surface area contributed by atoms with Gasteiger partial charge < -0.3 is 14.9 Å². The molecule has 2 fully saturated rings. The molecule has 5 nitrogen and oxygen atoms in total. The molecule has 0 amide bonds. The van der Waals surface area contributed by atoms with Crippen molar-refractivity contribution in [3.63, 3.8) is 0 Å². The van der Waals surface area contributed by atoms with Crippen LogP contribution in [0.4, 0.5) is 0 Å². The molecule has 0 aromatic heterocycles. The molecule has 2 aliphatic heterocycles. The average molecular weight is 712 g/mol.